The number of sulfonamides is 1. The molecule has 0 saturated heterocycles. The standard InChI is InChI=1S/C16H11ClF3N3O3S/c17-13-8-10(1-3-12(13)16(18,19)20)22-15(24)23-27(25,26)11-2-4-14-9(7-11)5-6-21-14/h1-8,21H,(H2,22,23,24). The van der Waals surface area contributed by atoms with Crippen molar-refractivity contribution in [3.63, 3.8) is 0 Å². The number of urea groups is 1. The van der Waals surface area contributed by atoms with Crippen LogP contribution in [0, 0.1) is 0 Å². The Kier molecular flexibility index (Phi) is 4.79. The van der Waals surface area contributed by atoms with Crippen molar-refractivity contribution in [3.05, 3.63) is 59.2 Å². The lowest BCUT2D eigenvalue weighted by Crippen LogP contribution is -2.34. The van der Waals surface area contributed by atoms with Crippen LogP contribution in [0.15, 0.2) is 53.6 Å². The predicted octanol–water partition coefficient (Wildman–Crippen LogP) is 4.35. The summed E-state index contributed by atoms with van der Waals surface area (Å²) in [5.41, 5.74) is -0.442. The highest BCUT2D eigenvalue weighted by Crippen LogP contribution is 2.35. The van der Waals surface area contributed by atoms with Crippen molar-refractivity contribution in [1.29, 1.82) is 0 Å². The zero-order valence-electron chi connectivity index (χ0n) is 13.3. The smallest absolute Gasteiger partial charge is 0.361 e. The summed E-state index contributed by atoms with van der Waals surface area (Å²) < 4.78 is 64.4. The number of H-pyrrole nitrogens is 1. The first-order valence-electron chi connectivity index (χ1n) is 7.34. The van der Waals surface area contributed by atoms with E-state index >= 15 is 0 Å². The van der Waals surface area contributed by atoms with E-state index < -0.39 is 32.8 Å². The molecule has 0 bridgehead atoms. The Labute approximate surface area is 156 Å². The fraction of sp³-hybridized carbons (Fsp3) is 0.0625. The number of fused-ring (bicyclic) bond motifs is 1. The maximum Gasteiger partial charge on any atom is 0.417 e. The fourth-order valence-corrected chi connectivity index (χ4v) is 3.59. The first-order valence-corrected chi connectivity index (χ1v) is 9.20. The zero-order chi connectivity index (χ0) is 19.8. The Morgan fingerprint density at radius 1 is 1.07 bits per heavy atom. The number of carbonyl (C=O) groups is 1. The molecular formula is C16H11ClF3N3O3S. The topological polar surface area (TPSA) is 91.1 Å². The van der Waals surface area contributed by atoms with Crippen molar-refractivity contribution in [3.8, 4) is 0 Å². The van der Waals surface area contributed by atoms with Crippen LogP contribution in [0.5, 0.6) is 0 Å². The number of benzene rings is 2. The molecule has 11 heteroatoms. The van der Waals surface area contributed by atoms with Gasteiger partial charge >= 0.3 is 12.2 Å². The maximum atomic E-state index is 12.7. The number of rotatable bonds is 3. The monoisotopic (exact) mass is 417 g/mol. The van der Waals surface area contributed by atoms with E-state index in [1.807, 2.05) is 0 Å². The molecule has 0 unspecified atom stereocenters. The number of anilines is 1. The first kappa shape index (κ1) is 19.1. The van der Waals surface area contributed by atoms with E-state index in [9.17, 15) is 26.4 Å². The molecule has 1 aromatic heterocycles. The van der Waals surface area contributed by atoms with Crippen molar-refractivity contribution < 1.29 is 26.4 Å². The highest BCUT2D eigenvalue weighted by Gasteiger charge is 2.33. The second-order valence-electron chi connectivity index (χ2n) is 5.48. The average molecular weight is 418 g/mol. The van der Waals surface area contributed by atoms with Crippen LogP contribution in [0.3, 0.4) is 0 Å². The molecule has 0 spiro atoms. The Hall–Kier alpha value is -2.72. The van der Waals surface area contributed by atoms with Crippen LogP contribution in [0.4, 0.5) is 23.7 Å². The van der Waals surface area contributed by atoms with E-state index in [-0.39, 0.29) is 10.6 Å². The van der Waals surface area contributed by atoms with Crippen LogP contribution >= 0.6 is 11.6 Å². The summed E-state index contributed by atoms with van der Waals surface area (Å²) in [5.74, 6) is 0. The molecule has 0 aliphatic rings. The van der Waals surface area contributed by atoms with Crippen molar-refractivity contribution in [2.24, 2.45) is 0 Å². The van der Waals surface area contributed by atoms with Crippen LogP contribution in [0.1, 0.15) is 5.56 Å². The van der Waals surface area contributed by atoms with Crippen molar-refractivity contribution in [2.45, 2.75) is 11.1 Å². The summed E-state index contributed by atoms with van der Waals surface area (Å²) in [6.07, 6.45) is -3.01. The van der Waals surface area contributed by atoms with Crippen LogP contribution in [0.25, 0.3) is 10.9 Å². The van der Waals surface area contributed by atoms with Crippen molar-refractivity contribution in [1.82, 2.24) is 9.71 Å². The fourth-order valence-electron chi connectivity index (χ4n) is 2.36. The number of aromatic amines is 1. The minimum Gasteiger partial charge on any atom is -0.361 e. The molecule has 0 saturated carbocycles. The normalized spacial score (nSPS) is 12.1. The molecule has 0 fully saturated rings. The van der Waals surface area contributed by atoms with Crippen LogP contribution in [-0.2, 0) is 16.2 Å². The van der Waals surface area contributed by atoms with E-state index in [1.54, 1.807) is 17.0 Å². The number of carbonyl (C=O) groups excluding carboxylic acids is 1. The number of amides is 2. The van der Waals surface area contributed by atoms with E-state index in [2.05, 4.69) is 10.3 Å². The summed E-state index contributed by atoms with van der Waals surface area (Å²) in [5, 5.41) is 2.14. The summed E-state index contributed by atoms with van der Waals surface area (Å²) in [7, 11) is -4.18. The summed E-state index contributed by atoms with van der Waals surface area (Å²) in [4.78, 5) is 14.7. The third-order valence-electron chi connectivity index (χ3n) is 3.59. The molecule has 0 radical (unpaired) electrons. The molecule has 2 aromatic carbocycles. The second kappa shape index (κ2) is 6.78. The van der Waals surface area contributed by atoms with Gasteiger partial charge in [-0.05, 0) is 42.5 Å². The van der Waals surface area contributed by atoms with Gasteiger partial charge in [-0.2, -0.15) is 13.2 Å². The third-order valence-corrected chi connectivity index (χ3v) is 5.24. The number of nitrogens with one attached hydrogen (secondary N) is 3. The highest BCUT2D eigenvalue weighted by molar-refractivity contribution is 7.90. The van der Waals surface area contributed by atoms with Crippen LogP contribution in [-0.4, -0.2) is 19.4 Å². The number of hydrogen-bond acceptors (Lipinski definition) is 3. The number of hydrogen-bond donors (Lipinski definition) is 3. The molecule has 3 rings (SSSR count). The lowest BCUT2D eigenvalue weighted by Gasteiger charge is -2.12. The molecule has 142 valence electrons. The van der Waals surface area contributed by atoms with Gasteiger partial charge in [0, 0.05) is 22.8 Å². The summed E-state index contributed by atoms with van der Waals surface area (Å²) >= 11 is 5.56. The highest BCUT2D eigenvalue weighted by atomic mass is 35.5. The lowest BCUT2D eigenvalue weighted by molar-refractivity contribution is -0.137. The molecular weight excluding hydrogens is 407 g/mol. The van der Waals surface area contributed by atoms with E-state index in [1.165, 1.54) is 18.2 Å². The SMILES string of the molecule is O=C(Nc1ccc(C(F)(F)F)c(Cl)c1)NS(=O)(=O)c1ccc2[nH]ccc2c1. The molecule has 0 atom stereocenters. The summed E-state index contributed by atoms with van der Waals surface area (Å²) in [6, 6.07) is 7.28. The van der Waals surface area contributed by atoms with Crippen molar-refractivity contribution >= 4 is 44.2 Å². The summed E-state index contributed by atoms with van der Waals surface area (Å²) in [6.45, 7) is 0. The molecule has 1 heterocycles. The van der Waals surface area contributed by atoms with Crippen LogP contribution < -0.4 is 10.0 Å². The largest absolute Gasteiger partial charge is 0.417 e. The predicted molar refractivity (Wildman–Crippen MR) is 94.1 cm³/mol. The maximum absolute atomic E-state index is 12.7. The van der Waals surface area contributed by atoms with E-state index in [0.29, 0.717) is 11.5 Å². The van der Waals surface area contributed by atoms with Gasteiger partial charge in [0.15, 0.2) is 0 Å². The Morgan fingerprint density at radius 2 is 1.81 bits per heavy atom. The Balaban J connectivity index is 1.75. The average Bonchev–Trinajstić information content (AvgIpc) is 3.00. The van der Waals surface area contributed by atoms with Gasteiger partial charge in [0.1, 0.15) is 0 Å². The van der Waals surface area contributed by atoms with E-state index in [0.717, 1.165) is 17.6 Å². The quantitative estimate of drug-likeness (QED) is 0.591. The number of aromatic nitrogens is 1. The van der Waals surface area contributed by atoms with E-state index in [4.69, 9.17) is 11.6 Å². The van der Waals surface area contributed by atoms with Gasteiger partial charge < -0.3 is 10.3 Å². The molecule has 0 aliphatic carbocycles. The van der Waals surface area contributed by atoms with Gasteiger partial charge in [-0.25, -0.2) is 17.9 Å². The Bertz CT molecular complexity index is 1130. The number of alkyl halides is 3. The lowest BCUT2D eigenvalue weighted by atomic mass is 10.2. The molecule has 0 aliphatic heterocycles. The zero-order valence-corrected chi connectivity index (χ0v) is 14.8. The van der Waals surface area contributed by atoms with Gasteiger partial charge in [-0.15, -0.1) is 0 Å². The molecule has 3 N–H and O–H groups in total. The number of halogens is 4. The van der Waals surface area contributed by atoms with Gasteiger partial charge in [0.2, 0.25) is 0 Å². The second-order valence-corrected chi connectivity index (χ2v) is 7.57. The molecule has 6 nitrogen and oxygen atoms in total. The van der Waals surface area contributed by atoms with Gasteiger partial charge in [-0.1, -0.05) is 11.6 Å². The third kappa shape index (κ3) is 4.17. The molecule has 3 aromatic rings. The minimum absolute atomic E-state index is 0.0956. The van der Waals surface area contributed by atoms with Crippen LogP contribution in [0.2, 0.25) is 5.02 Å². The van der Waals surface area contributed by atoms with Crippen molar-refractivity contribution in [2.75, 3.05) is 5.32 Å². The van der Waals surface area contributed by atoms with Gasteiger partial charge in [0.25, 0.3) is 10.0 Å². The minimum atomic E-state index is -4.64. The first-order chi connectivity index (χ1) is 12.6. The molecule has 27 heavy (non-hydrogen) atoms. The van der Waals surface area contributed by atoms with Gasteiger partial charge in [-0.3, -0.25) is 0 Å². The van der Waals surface area contributed by atoms with Gasteiger partial charge in [0.05, 0.1) is 15.5 Å². The molecule has 2 amide bonds. The Morgan fingerprint density at radius 3 is 2.48 bits per heavy atom.